The summed E-state index contributed by atoms with van der Waals surface area (Å²) in [4.78, 5) is 0. The maximum absolute atomic E-state index is 5.36. The molecule has 1 aromatic carbocycles. The Kier molecular flexibility index (Phi) is 3.15. The fourth-order valence-corrected chi connectivity index (χ4v) is 1.55. The molecular weight excluding hydrogens is 202 g/mol. The molecular formula is C13H15NO2. The van der Waals surface area contributed by atoms with Crippen LogP contribution in [0, 0.1) is 6.92 Å². The van der Waals surface area contributed by atoms with Crippen LogP contribution in [0.25, 0.3) is 0 Å². The van der Waals surface area contributed by atoms with Crippen molar-refractivity contribution in [3.8, 4) is 5.75 Å². The second-order valence-corrected chi connectivity index (χ2v) is 3.58. The van der Waals surface area contributed by atoms with Gasteiger partial charge in [0.1, 0.15) is 11.5 Å². The van der Waals surface area contributed by atoms with Crippen molar-refractivity contribution in [3.05, 3.63) is 47.9 Å². The van der Waals surface area contributed by atoms with Gasteiger partial charge in [0.2, 0.25) is 0 Å². The Morgan fingerprint density at radius 1 is 1.25 bits per heavy atom. The SMILES string of the molecule is COc1ccccc1NCc1occc1C. The highest BCUT2D eigenvalue weighted by molar-refractivity contribution is 5.56. The van der Waals surface area contributed by atoms with Crippen LogP contribution in [-0.2, 0) is 6.54 Å². The smallest absolute Gasteiger partial charge is 0.141 e. The van der Waals surface area contributed by atoms with Gasteiger partial charge in [0, 0.05) is 0 Å². The van der Waals surface area contributed by atoms with Crippen molar-refractivity contribution >= 4 is 5.69 Å². The average Bonchev–Trinajstić information content (AvgIpc) is 2.72. The van der Waals surface area contributed by atoms with Gasteiger partial charge in [-0.3, -0.25) is 0 Å². The van der Waals surface area contributed by atoms with Gasteiger partial charge >= 0.3 is 0 Å². The first-order valence-corrected chi connectivity index (χ1v) is 5.21. The lowest BCUT2D eigenvalue weighted by atomic mass is 10.2. The van der Waals surface area contributed by atoms with E-state index in [1.165, 1.54) is 0 Å². The van der Waals surface area contributed by atoms with Crippen molar-refractivity contribution in [2.45, 2.75) is 13.5 Å². The van der Waals surface area contributed by atoms with E-state index in [2.05, 4.69) is 5.32 Å². The molecule has 0 bridgehead atoms. The lowest BCUT2D eigenvalue weighted by molar-refractivity contribution is 0.416. The lowest BCUT2D eigenvalue weighted by Gasteiger charge is -2.09. The Bertz CT molecular complexity index is 462. The van der Waals surface area contributed by atoms with E-state index in [0.717, 1.165) is 22.8 Å². The van der Waals surface area contributed by atoms with Crippen LogP contribution in [0.5, 0.6) is 5.75 Å². The summed E-state index contributed by atoms with van der Waals surface area (Å²) in [7, 11) is 1.67. The molecule has 0 saturated carbocycles. The molecule has 0 unspecified atom stereocenters. The van der Waals surface area contributed by atoms with Crippen molar-refractivity contribution in [2.75, 3.05) is 12.4 Å². The number of furan rings is 1. The topological polar surface area (TPSA) is 34.4 Å². The van der Waals surface area contributed by atoms with Gasteiger partial charge in [0.05, 0.1) is 25.6 Å². The van der Waals surface area contributed by atoms with Crippen molar-refractivity contribution in [1.82, 2.24) is 0 Å². The standard InChI is InChI=1S/C13H15NO2/c1-10-7-8-16-13(10)9-14-11-5-3-4-6-12(11)15-2/h3-8,14H,9H2,1-2H3. The number of hydrogen-bond donors (Lipinski definition) is 1. The molecule has 2 aromatic rings. The second kappa shape index (κ2) is 4.75. The first-order valence-electron chi connectivity index (χ1n) is 5.21. The molecule has 0 radical (unpaired) electrons. The number of methoxy groups -OCH3 is 1. The molecule has 0 fully saturated rings. The van der Waals surface area contributed by atoms with E-state index in [1.54, 1.807) is 13.4 Å². The first kappa shape index (κ1) is 10.6. The minimum Gasteiger partial charge on any atom is -0.495 e. The van der Waals surface area contributed by atoms with Crippen LogP contribution < -0.4 is 10.1 Å². The van der Waals surface area contributed by atoms with E-state index in [4.69, 9.17) is 9.15 Å². The Morgan fingerprint density at radius 3 is 2.75 bits per heavy atom. The number of benzene rings is 1. The van der Waals surface area contributed by atoms with E-state index in [9.17, 15) is 0 Å². The minimum absolute atomic E-state index is 0.666. The molecule has 0 spiro atoms. The van der Waals surface area contributed by atoms with Crippen LogP contribution >= 0.6 is 0 Å². The molecule has 1 aromatic heterocycles. The normalized spacial score (nSPS) is 10.1. The summed E-state index contributed by atoms with van der Waals surface area (Å²) < 4.78 is 10.6. The zero-order chi connectivity index (χ0) is 11.4. The monoisotopic (exact) mass is 217 g/mol. The van der Waals surface area contributed by atoms with Gasteiger partial charge in [-0.15, -0.1) is 0 Å². The van der Waals surface area contributed by atoms with E-state index >= 15 is 0 Å². The zero-order valence-electron chi connectivity index (χ0n) is 9.49. The third-order valence-electron chi connectivity index (χ3n) is 2.51. The predicted octanol–water partition coefficient (Wildman–Crippen LogP) is 3.21. The molecule has 1 heterocycles. The van der Waals surface area contributed by atoms with Crippen LogP contribution in [0.2, 0.25) is 0 Å². The van der Waals surface area contributed by atoms with Crippen LogP contribution in [0.15, 0.2) is 41.0 Å². The largest absolute Gasteiger partial charge is 0.495 e. The Balaban J connectivity index is 2.07. The molecule has 0 amide bonds. The number of aryl methyl sites for hydroxylation is 1. The van der Waals surface area contributed by atoms with Gasteiger partial charge in [-0.25, -0.2) is 0 Å². The van der Waals surface area contributed by atoms with Gasteiger partial charge in [-0.2, -0.15) is 0 Å². The van der Waals surface area contributed by atoms with Crippen molar-refractivity contribution in [1.29, 1.82) is 0 Å². The highest BCUT2D eigenvalue weighted by Gasteiger charge is 2.04. The highest BCUT2D eigenvalue weighted by atomic mass is 16.5. The summed E-state index contributed by atoms with van der Waals surface area (Å²) in [6, 6.07) is 9.79. The van der Waals surface area contributed by atoms with Crippen LogP contribution in [0.1, 0.15) is 11.3 Å². The van der Waals surface area contributed by atoms with E-state index in [1.807, 2.05) is 37.3 Å². The predicted molar refractivity (Wildman–Crippen MR) is 63.8 cm³/mol. The van der Waals surface area contributed by atoms with Gasteiger partial charge in [0.25, 0.3) is 0 Å². The van der Waals surface area contributed by atoms with E-state index in [0.29, 0.717) is 6.54 Å². The molecule has 1 N–H and O–H groups in total. The zero-order valence-corrected chi connectivity index (χ0v) is 9.49. The number of rotatable bonds is 4. The summed E-state index contributed by atoms with van der Waals surface area (Å²) in [6.07, 6.45) is 1.70. The molecule has 3 heteroatoms. The fraction of sp³-hybridized carbons (Fsp3) is 0.231. The molecule has 2 rings (SSSR count). The highest BCUT2D eigenvalue weighted by Crippen LogP contribution is 2.24. The molecule has 0 aliphatic carbocycles. The summed E-state index contributed by atoms with van der Waals surface area (Å²) >= 11 is 0. The molecule has 0 saturated heterocycles. The quantitative estimate of drug-likeness (QED) is 0.853. The van der Waals surface area contributed by atoms with Gasteiger partial charge in [-0.05, 0) is 30.7 Å². The molecule has 16 heavy (non-hydrogen) atoms. The fourth-order valence-electron chi connectivity index (χ4n) is 1.55. The van der Waals surface area contributed by atoms with Crippen LogP contribution in [-0.4, -0.2) is 7.11 Å². The first-order chi connectivity index (χ1) is 7.81. The molecule has 3 nitrogen and oxygen atoms in total. The van der Waals surface area contributed by atoms with Crippen LogP contribution in [0.3, 0.4) is 0 Å². The molecule has 0 atom stereocenters. The number of para-hydroxylation sites is 2. The molecule has 84 valence electrons. The summed E-state index contributed by atoms with van der Waals surface area (Å²) in [5, 5.41) is 3.29. The average molecular weight is 217 g/mol. The Morgan fingerprint density at radius 2 is 2.06 bits per heavy atom. The van der Waals surface area contributed by atoms with E-state index in [-0.39, 0.29) is 0 Å². The third kappa shape index (κ3) is 2.19. The van der Waals surface area contributed by atoms with Gasteiger partial charge in [0.15, 0.2) is 0 Å². The van der Waals surface area contributed by atoms with E-state index < -0.39 is 0 Å². The lowest BCUT2D eigenvalue weighted by Crippen LogP contribution is -2.01. The maximum atomic E-state index is 5.36. The van der Waals surface area contributed by atoms with Crippen molar-refractivity contribution in [2.24, 2.45) is 0 Å². The summed E-state index contributed by atoms with van der Waals surface area (Å²) in [5.74, 6) is 1.79. The summed E-state index contributed by atoms with van der Waals surface area (Å²) in [5.41, 5.74) is 2.13. The van der Waals surface area contributed by atoms with Gasteiger partial charge in [-0.1, -0.05) is 12.1 Å². The van der Waals surface area contributed by atoms with Crippen molar-refractivity contribution < 1.29 is 9.15 Å². The molecule has 0 aliphatic heterocycles. The molecule has 0 aliphatic rings. The minimum atomic E-state index is 0.666. The van der Waals surface area contributed by atoms with Gasteiger partial charge < -0.3 is 14.5 Å². The number of hydrogen-bond acceptors (Lipinski definition) is 3. The Labute approximate surface area is 95.0 Å². The third-order valence-corrected chi connectivity index (χ3v) is 2.51. The number of nitrogens with one attached hydrogen (secondary N) is 1. The number of anilines is 1. The Hall–Kier alpha value is -1.90. The number of ether oxygens (including phenoxy) is 1. The summed E-state index contributed by atoms with van der Waals surface area (Å²) in [6.45, 7) is 2.70. The maximum Gasteiger partial charge on any atom is 0.141 e. The van der Waals surface area contributed by atoms with Crippen LogP contribution in [0.4, 0.5) is 5.69 Å². The van der Waals surface area contributed by atoms with Crippen molar-refractivity contribution in [3.63, 3.8) is 0 Å². The second-order valence-electron chi connectivity index (χ2n) is 3.58.